The van der Waals surface area contributed by atoms with Crippen molar-refractivity contribution in [1.29, 1.82) is 0 Å². The van der Waals surface area contributed by atoms with Crippen LogP contribution in [-0.2, 0) is 12.0 Å². The van der Waals surface area contributed by atoms with E-state index < -0.39 is 11.2 Å². The lowest BCUT2D eigenvalue weighted by molar-refractivity contribution is 0.242. The molecule has 0 radical (unpaired) electrons. The zero-order valence-corrected chi connectivity index (χ0v) is 14.0. The predicted octanol–water partition coefficient (Wildman–Crippen LogP) is 4.77. The highest BCUT2D eigenvalue weighted by Crippen LogP contribution is 2.29. The molecule has 1 heterocycles. The topological polar surface area (TPSA) is 48.2 Å². The van der Waals surface area contributed by atoms with Crippen molar-refractivity contribution in [3.8, 4) is 5.75 Å². The minimum Gasteiger partial charge on any atom is -0.482 e. The van der Waals surface area contributed by atoms with Gasteiger partial charge < -0.3 is 9.26 Å². The fraction of sp³-hybridized carbons (Fsp3) is 0.222. The molecule has 0 saturated carbocycles. The van der Waals surface area contributed by atoms with Gasteiger partial charge in [-0.25, -0.2) is 4.39 Å². The first kappa shape index (κ1) is 16.5. The highest BCUT2D eigenvalue weighted by molar-refractivity contribution is 6.32. The molecule has 6 heteroatoms. The van der Waals surface area contributed by atoms with E-state index in [1.165, 1.54) is 18.2 Å². The molecule has 0 aliphatic rings. The highest BCUT2D eigenvalue weighted by atomic mass is 35.5. The van der Waals surface area contributed by atoms with Crippen molar-refractivity contribution >= 4 is 11.6 Å². The molecule has 0 unspecified atom stereocenters. The number of nitrogens with zero attached hydrogens (tertiary/aromatic N) is 2. The van der Waals surface area contributed by atoms with E-state index in [9.17, 15) is 4.39 Å². The smallest absolute Gasteiger partial charge is 0.264 e. The second kappa shape index (κ2) is 6.61. The van der Waals surface area contributed by atoms with Crippen LogP contribution in [0.3, 0.4) is 0 Å². The Labute approximate surface area is 144 Å². The third-order valence-corrected chi connectivity index (χ3v) is 4.06. The molecular formula is C18H16ClFN2O2. The molecule has 3 aromatic rings. The van der Waals surface area contributed by atoms with Gasteiger partial charge in [-0.1, -0.05) is 47.1 Å². The number of ether oxygens (including phenoxy) is 1. The molecule has 2 aromatic carbocycles. The zero-order chi connectivity index (χ0) is 17.2. The largest absolute Gasteiger partial charge is 0.482 e. The molecule has 0 aliphatic heterocycles. The molecule has 0 aliphatic carbocycles. The van der Waals surface area contributed by atoms with E-state index >= 15 is 0 Å². The van der Waals surface area contributed by atoms with E-state index in [0.717, 1.165) is 5.56 Å². The van der Waals surface area contributed by atoms with Gasteiger partial charge in [0.2, 0.25) is 0 Å². The molecule has 0 fully saturated rings. The second-order valence-electron chi connectivity index (χ2n) is 5.87. The van der Waals surface area contributed by atoms with Crippen molar-refractivity contribution in [2.45, 2.75) is 25.9 Å². The number of hydrogen-bond acceptors (Lipinski definition) is 4. The van der Waals surface area contributed by atoms with Gasteiger partial charge >= 0.3 is 0 Å². The van der Waals surface area contributed by atoms with Crippen LogP contribution in [0.15, 0.2) is 53.1 Å². The van der Waals surface area contributed by atoms with E-state index in [4.69, 9.17) is 20.9 Å². The number of aromatic nitrogens is 2. The summed E-state index contributed by atoms with van der Waals surface area (Å²) in [5, 5.41) is 4.25. The number of halogens is 2. The Balaban J connectivity index is 1.74. The first-order valence-corrected chi connectivity index (χ1v) is 7.81. The van der Waals surface area contributed by atoms with Gasteiger partial charge in [0, 0.05) is 0 Å². The van der Waals surface area contributed by atoms with E-state index in [2.05, 4.69) is 10.1 Å². The molecule has 0 atom stereocenters. The lowest BCUT2D eigenvalue weighted by atomic mass is 9.84. The molecular weight excluding hydrogens is 331 g/mol. The quantitative estimate of drug-likeness (QED) is 0.667. The van der Waals surface area contributed by atoms with Crippen molar-refractivity contribution < 1.29 is 13.7 Å². The third-order valence-electron chi connectivity index (χ3n) is 3.77. The van der Waals surface area contributed by atoms with Crippen LogP contribution in [0.1, 0.15) is 31.1 Å². The van der Waals surface area contributed by atoms with Crippen LogP contribution >= 0.6 is 11.6 Å². The molecule has 0 amide bonds. The fourth-order valence-electron chi connectivity index (χ4n) is 2.28. The monoisotopic (exact) mass is 346 g/mol. The van der Waals surface area contributed by atoms with Gasteiger partial charge in [-0.3, -0.25) is 0 Å². The summed E-state index contributed by atoms with van der Waals surface area (Å²) < 4.78 is 23.8. The second-order valence-corrected chi connectivity index (χ2v) is 6.27. The molecule has 0 spiro atoms. The highest BCUT2D eigenvalue weighted by Gasteiger charge is 2.28. The van der Waals surface area contributed by atoms with Crippen molar-refractivity contribution in [2.75, 3.05) is 0 Å². The Bertz CT molecular complexity index is 834. The predicted molar refractivity (Wildman–Crippen MR) is 88.6 cm³/mol. The Hall–Kier alpha value is -2.40. The number of hydrogen-bond donors (Lipinski definition) is 0. The molecule has 1 aromatic heterocycles. The van der Waals surface area contributed by atoms with Gasteiger partial charge in [0.25, 0.3) is 5.89 Å². The maximum Gasteiger partial charge on any atom is 0.264 e. The zero-order valence-electron chi connectivity index (χ0n) is 13.3. The van der Waals surface area contributed by atoms with Crippen LogP contribution in [0, 0.1) is 5.82 Å². The Morgan fingerprint density at radius 1 is 1.17 bits per heavy atom. The summed E-state index contributed by atoms with van der Waals surface area (Å²) in [5.41, 5.74) is 0.691. The molecule has 24 heavy (non-hydrogen) atoms. The van der Waals surface area contributed by atoms with Crippen LogP contribution in [0.2, 0.25) is 5.02 Å². The number of benzene rings is 2. The standard InChI is InChI=1S/C18H16ClFN2O2/c1-18(2,12-6-4-3-5-7-12)17-21-16(24-22-17)11-23-15-9-8-13(20)10-14(15)19/h3-10H,11H2,1-2H3. The van der Waals surface area contributed by atoms with Crippen molar-refractivity contribution in [1.82, 2.24) is 10.1 Å². The lowest BCUT2D eigenvalue weighted by Crippen LogP contribution is -2.20. The summed E-state index contributed by atoms with van der Waals surface area (Å²) in [5.74, 6) is 0.837. The van der Waals surface area contributed by atoms with Gasteiger partial charge in [0.15, 0.2) is 12.4 Å². The van der Waals surface area contributed by atoms with Crippen LogP contribution in [0.4, 0.5) is 4.39 Å². The summed E-state index contributed by atoms with van der Waals surface area (Å²) in [6, 6.07) is 13.9. The van der Waals surface area contributed by atoms with E-state index in [1.54, 1.807) is 0 Å². The Morgan fingerprint density at radius 2 is 1.92 bits per heavy atom. The van der Waals surface area contributed by atoms with Crippen LogP contribution in [-0.4, -0.2) is 10.1 Å². The average molecular weight is 347 g/mol. The van der Waals surface area contributed by atoms with Gasteiger partial charge in [0.05, 0.1) is 10.4 Å². The molecule has 3 rings (SSSR count). The van der Waals surface area contributed by atoms with Gasteiger partial charge in [0.1, 0.15) is 11.6 Å². The minimum atomic E-state index is -0.419. The van der Waals surface area contributed by atoms with E-state index in [0.29, 0.717) is 17.5 Å². The van der Waals surface area contributed by atoms with Crippen molar-refractivity contribution in [2.24, 2.45) is 0 Å². The van der Waals surface area contributed by atoms with E-state index in [-0.39, 0.29) is 11.6 Å². The molecule has 0 N–H and O–H groups in total. The lowest BCUT2D eigenvalue weighted by Gasteiger charge is -2.20. The van der Waals surface area contributed by atoms with Gasteiger partial charge in [-0.05, 0) is 37.6 Å². The summed E-state index contributed by atoms with van der Waals surface area (Å²) >= 11 is 5.92. The fourth-order valence-corrected chi connectivity index (χ4v) is 2.50. The molecule has 0 saturated heterocycles. The van der Waals surface area contributed by atoms with Crippen LogP contribution in [0.5, 0.6) is 5.75 Å². The maximum atomic E-state index is 13.0. The van der Waals surface area contributed by atoms with Crippen LogP contribution < -0.4 is 4.74 Å². The SMILES string of the molecule is CC(C)(c1ccccc1)c1noc(COc2ccc(F)cc2Cl)n1. The summed E-state index contributed by atoms with van der Waals surface area (Å²) in [7, 11) is 0. The molecule has 0 bridgehead atoms. The maximum absolute atomic E-state index is 13.0. The van der Waals surface area contributed by atoms with Crippen molar-refractivity contribution in [3.63, 3.8) is 0 Å². The first-order valence-electron chi connectivity index (χ1n) is 7.43. The average Bonchev–Trinajstić information content (AvgIpc) is 3.05. The summed E-state index contributed by atoms with van der Waals surface area (Å²) in [6.45, 7) is 4.10. The van der Waals surface area contributed by atoms with Crippen molar-refractivity contribution in [3.05, 3.63) is 76.6 Å². The Kier molecular flexibility index (Phi) is 4.53. The summed E-state index contributed by atoms with van der Waals surface area (Å²) in [4.78, 5) is 4.40. The summed E-state index contributed by atoms with van der Waals surface area (Å²) in [6.07, 6.45) is 0. The molecule has 4 nitrogen and oxygen atoms in total. The number of rotatable bonds is 5. The Morgan fingerprint density at radius 3 is 2.62 bits per heavy atom. The third kappa shape index (κ3) is 3.41. The van der Waals surface area contributed by atoms with Gasteiger partial charge in [-0.15, -0.1) is 0 Å². The van der Waals surface area contributed by atoms with Crippen LogP contribution in [0.25, 0.3) is 0 Å². The first-order chi connectivity index (χ1) is 11.5. The molecule has 124 valence electrons. The van der Waals surface area contributed by atoms with Gasteiger partial charge in [-0.2, -0.15) is 4.98 Å². The minimum absolute atomic E-state index is 0.0588. The normalized spacial score (nSPS) is 11.5. The van der Waals surface area contributed by atoms with E-state index in [1.807, 2.05) is 44.2 Å².